The van der Waals surface area contributed by atoms with E-state index < -0.39 is 11.6 Å². The van der Waals surface area contributed by atoms with Crippen LogP contribution >= 0.6 is 0 Å². The highest BCUT2D eigenvalue weighted by atomic mass is 16.6. The standard InChI is InChI=1S/C23H28N6O5/c1-23(2,3)34-22(33)27-10-8-26(9-11-27)20(30)15-28-7-6-16-12-18(4-5-19(16)28)29-14-17(24-25-29)13-21(31)32/h4-7,12,14H,8-11,13,15H2,1-3H3,(H,31,32). The first-order valence-electron chi connectivity index (χ1n) is 11.1. The summed E-state index contributed by atoms with van der Waals surface area (Å²) in [4.78, 5) is 39.4. The van der Waals surface area contributed by atoms with Gasteiger partial charge in [0.05, 0.1) is 24.0 Å². The van der Waals surface area contributed by atoms with E-state index in [0.29, 0.717) is 31.9 Å². The molecule has 180 valence electrons. The lowest BCUT2D eigenvalue weighted by Gasteiger charge is -2.35. The summed E-state index contributed by atoms with van der Waals surface area (Å²) in [6.07, 6.45) is 2.91. The molecular formula is C23H28N6O5. The van der Waals surface area contributed by atoms with Crippen LogP contribution < -0.4 is 0 Å². The van der Waals surface area contributed by atoms with E-state index in [0.717, 1.165) is 16.6 Å². The number of aliphatic carboxylic acids is 1. The Morgan fingerprint density at radius 2 is 1.76 bits per heavy atom. The summed E-state index contributed by atoms with van der Waals surface area (Å²) in [6, 6.07) is 7.58. The maximum atomic E-state index is 12.9. The molecule has 1 aliphatic heterocycles. The number of benzene rings is 1. The minimum absolute atomic E-state index is 0.0139. The number of hydrogen-bond acceptors (Lipinski definition) is 6. The largest absolute Gasteiger partial charge is 0.481 e. The van der Waals surface area contributed by atoms with Gasteiger partial charge < -0.3 is 24.2 Å². The van der Waals surface area contributed by atoms with Gasteiger partial charge in [-0.2, -0.15) is 0 Å². The van der Waals surface area contributed by atoms with Crippen LogP contribution in [0, 0.1) is 0 Å². The number of nitrogens with zero attached hydrogens (tertiary/aromatic N) is 6. The van der Waals surface area contributed by atoms with Crippen LogP contribution in [-0.4, -0.2) is 84.2 Å². The molecule has 4 rings (SSSR count). The van der Waals surface area contributed by atoms with E-state index in [1.807, 2.05) is 55.8 Å². The van der Waals surface area contributed by atoms with Crippen LogP contribution in [0.5, 0.6) is 0 Å². The van der Waals surface area contributed by atoms with Gasteiger partial charge >= 0.3 is 12.1 Å². The van der Waals surface area contributed by atoms with Gasteiger partial charge in [-0.1, -0.05) is 5.21 Å². The summed E-state index contributed by atoms with van der Waals surface area (Å²) < 4.78 is 8.83. The maximum absolute atomic E-state index is 12.9. The van der Waals surface area contributed by atoms with Gasteiger partial charge in [-0.05, 0) is 45.0 Å². The average Bonchev–Trinajstić information content (AvgIpc) is 3.39. The molecule has 0 unspecified atom stereocenters. The van der Waals surface area contributed by atoms with E-state index in [2.05, 4.69) is 10.3 Å². The lowest BCUT2D eigenvalue weighted by molar-refractivity contribution is -0.136. The first-order chi connectivity index (χ1) is 16.1. The maximum Gasteiger partial charge on any atom is 0.410 e. The zero-order chi connectivity index (χ0) is 24.5. The molecule has 3 aromatic rings. The summed E-state index contributed by atoms with van der Waals surface area (Å²) in [5.41, 5.74) is 1.48. The summed E-state index contributed by atoms with van der Waals surface area (Å²) in [5, 5.41) is 17.7. The number of carboxylic acids is 1. The van der Waals surface area contributed by atoms with E-state index in [1.165, 1.54) is 4.68 Å². The van der Waals surface area contributed by atoms with E-state index in [-0.39, 0.29) is 25.0 Å². The fourth-order valence-electron chi connectivity index (χ4n) is 3.84. The van der Waals surface area contributed by atoms with Crippen molar-refractivity contribution in [3.05, 3.63) is 42.4 Å². The van der Waals surface area contributed by atoms with Crippen LogP contribution in [0.1, 0.15) is 26.5 Å². The molecule has 0 aliphatic carbocycles. The zero-order valence-corrected chi connectivity index (χ0v) is 19.5. The number of piperazine rings is 1. The molecule has 11 nitrogen and oxygen atoms in total. The Balaban J connectivity index is 1.38. The van der Waals surface area contributed by atoms with Crippen molar-refractivity contribution >= 4 is 28.9 Å². The number of carboxylic acid groups (broad SMARTS) is 1. The monoisotopic (exact) mass is 468 g/mol. The fraction of sp³-hybridized carbons (Fsp3) is 0.435. The number of ether oxygens (including phenoxy) is 1. The third-order valence-corrected chi connectivity index (χ3v) is 5.48. The van der Waals surface area contributed by atoms with Crippen molar-refractivity contribution < 1.29 is 24.2 Å². The van der Waals surface area contributed by atoms with Crippen molar-refractivity contribution in [3.8, 4) is 5.69 Å². The Labute approximate surface area is 196 Å². The second-order valence-corrected chi connectivity index (χ2v) is 9.26. The Hall–Kier alpha value is -3.89. The Kier molecular flexibility index (Phi) is 6.27. The van der Waals surface area contributed by atoms with Gasteiger partial charge in [0.1, 0.15) is 12.1 Å². The fourth-order valence-corrected chi connectivity index (χ4v) is 3.84. The van der Waals surface area contributed by atoms with E-state index in [4.69, 9.17) is 9.84 Å². The van der Waals surface area contributed by atoms with Gasteiger partial charge in [0.2, 0.25) is 5.91 Å². The molecule has 1 aliphatic rings. The molecule has 11 heteroatoms. The van der Waals surface area contributed by atoms with Crippen molar-refractivity contribution in [3.63, 3.8) is 0 Å². The molecule has 1 fully saturated rings. The summed E-state index contributed by atoms with van der Waals surface area (Å²) in [7, 11) is 0. The quantitative estimate of drug-likeness (QED) is 0.607. The number of amides is 2. The van der Waals surface area contributed by atoms with Crippen molar-refractivity contribution in [2.75, 3.05) is 26.2 Å². The molecule has 0 spiro atoms. The van der Waals surface area contributed by atoms with Crippen LogP contribution in [-0.2, 0) is 27.3 Å². The molecule has 0 atom stereocenters. The molecule has 2 amide bonds. The summed E-state index contributed by atoms with van der Waals surface area (Å²) in [5.74, 6) is -0.976. The minimum Gasteiger partial charge on any atom is -0.481 e. The first-order valence-corrected chi connectivity index (χ1v) is 11.1. The van der Waals surface area contributed by atoms with Gasteiger partial charge in [0.25, 0.3) is 0 Å². The third kappa shape index (κ3) is 5.36. The van der Waals surface area contributed by atoms with Crippen molar-refractivity contribution in [1.29, 1.82) is 0 Å². The van der Waals surface area contributed by atoms with E-state index >= 15 is 0 Å². The summed E-state index contributed by atoms with van der Waals surface area (Å²) in [6.45, 7) is 7.50. The van der Waals surface area contributed by atoms with Gasteiger partial charge in [-0.25, -0.2) is 9.48 Å². The second kappa shape index (κ2) is 9.16. The number of hydrogen-bond donors (Lipinski definition) is 1. The predicted molar refractivity (Wildman–Crippen MR) is 123 cm³/mol. The molecule has 1 N–H and O–H groups in total. The van der Waals surface area contributed by atoms with Crippen LogP contribution in [0.3, 0.4) is 0 Å². The molecule has 0 radical (unpaired) electrons. The minimum atomic E-state index is -0.963. The van der Waals surface area contributed by atoms with Gasteiger partial charge in [-0.3, -0.25) is 9.59 Å². The van der Waals surface area contributed by atoms with E-state index in [9.17, 15) is 14.4 Å². The lowest BCUT2D eigenvalue weighted by Crippen LogP contribution is -2.52. The van der Waals surface area contributed by atoms with Crippen LogP contribution in [0.25, 0.3) is 16.6 Å². The first kappa shape index (κ1) is 23.3. The number of rotatable bonds is 5. The van der Waals surface area contributed by atoms with Gasteiger partial charge in [0, 0.05) is 43.3 Å². The Bertz CT molecular complexity index is 1220. The van der Waals surface area contributed by atoms with Crippen molar-refractivity contribution in [2.24, 2.45) is 0 Å². The highest BCUT2D eigenvalue weighted by Crippen LogP contribution is 2.20. The van der Waals surface area contributed by atoms with Crippen LogP contribution in [0.4, 0.5) is 4.79 Å². The van der Waals surface area contributed by atoms with E-state index in [1.54, 1.807) is 16.0 Å². The highest BCUT2D eigenvalue weighted by Gasteiger charge is 2.27. The number of carbonyl (C=O) groups is 3. The topological polar surface area (TPSA) is 123 Å². The molecule has 34 heavy (non-hydrogen) atoms. The third-order valence-electron chi connectivity index (χ3n) is 5.48. The average molecular weight is 469 g/mol. The van der Waals surface area contributed by atoms with Crippen molar-refractivity contribution in [1.82, 2.24) is 29.4 Å². The number of fused-ring (bicyclic) bond motifs is 1. The zero-order valence-electron chi connectivity index (χ0n) is 19.5. The lowest BCUT2D eigenvalue weighted by atomic mass is 10.2. The SMILES string of the molecule is CC(C)(C)OC(=O)N1CCN(C(=O)Cn2ccc3cc(-n4cc(CC(=O)O)nn4)ccc32)CC1. The Morgan fingerprint density at radius 1 is 1.06 bits per heavy atom. The molecule has 1 aromatic carbocycles. The molecule has 2 aromatic heterocycles. The molecule has 1 saturated heterocycles. The number of carbonyl (C=O) groups excluding carboxylic acids is 2. The smallest absolute Gasteiger partial charge is 0.410 e. The second-order valence-electron chi connectivity index (χ2n) is 9.26. The Morgan fingerprint density at radius 3 is 2.44 bits per heavy atom. The normalized spacial score (nSPS) is 14.4. The van der Waals surface area contributed by atoms with Crippen LogP contribution in [0.15, 0.2) is 36.7 Å². The summed E-state index contributed by atoms with van der Waals surface area (Å²) >= 11 is 0. The van der Waals surface area contributed by atoms with Gasteiger partial charge in [-0.15, -0.1) is 5.10 Å². The predicted octanol–water partition coefficient (Wildman–Crippen LogP) is 1.93. The molecule has 0 saturated carbocycles. The molecule has 0 bridgehead atoms. The van der Waals surface area contributed by atoms with Gasteiger partial charge in [0.15, 0.2) is 0 Å². The number of aromatic nitrogens is 4. The van der Waals surface area contributed by atoms with Crippen molar-refractivity contribution in [2.45, 2.75) is 39.3 Å². The van der Waals surface area contributed by atoms with Crippen LogP contribution in [0.2, 0.25) is 0 Å². The highest BCUT2D eigenvalue weighted by molar-refractivity contribution is 5.85. The molecule has 3 heterocycles. The molecular weight excluding hydrogens is 440 g/mol.